The van der Waals surface area contributed by atoms with E-state index in [1.54, 1.807) is 24.3 Å². The van der Waals surface area contributed by atoms with Crippen LogP contribution in [0.15, 0.2) is 72.8 Å². The summed E-state index contributed by atoms with van der Waals surface area (Å²) >= 11 is 0. The highest BCUT2D eigenvalue weighted by atomic mass is 19.4. The molecule has 12 heteroatoms. The van der Waals surface area contributed by atoms with Gasteiger partial charge in [0.25, 0.3) is 11.6 Å². The molecular formula is C26H22F3N5O4. The number of alkyl halides is 3. The molecule has 0 bridgehead atoms. The number of hydrogen-bond acceptors (Lipinski definition) is 6. The second-order valence-corrected chi connectivity index (χ2v) is 8.72. The van der Waals surface area contributed by atoms with E-state index in [0.717, 1.165) is 12.1 Å². The Hall–Kier alpha value is -4.74. The number of ether oxygens (including phenoxy) is 1. The van der Waals surface area contributed by atoms with Gasteiger partial charge in [-0.2, -0.15) is 18.2 Å². The van der Waals surface area contributed by atoms with Crippen molar-refractivity contribution >= 4 is 17.3 Å². The molecule has 196 valence electrons. The third-order valence-corrected chi connectivity index (χ3v) is 5.29. The van der Waals surface area contributed by atoms with E-state index < -0.39 is 22.6 Å². The molecule has 0 radical (unpaired) electrons. The highest BCUT2D eigenvalue weighted by Gasteiger charge is 2.30. The minimum Gasteiger partial charge on any atom is -0.462 e. The first-order valence-corrected chi connectivity index (χ1v) is 11.4. The van der Waals surface area contributed by atoms with Gasteiger partial charge in [-0.05, 0) is 48.4 Å². The van der Waals surface area contributed by atoms with Crippen LogP contribution in [0.25, 0.3) is 17.1 Å². The molecule has 9 nitrogen and oxygen atoms in total. The number of halogens is 3. The minimum atomic E-state index is -4.48. The fraction of sp³-hybridized carbons (Fsp3) is 0.192. The van der Waals surface area contributed by atoms with Crippen molar-refractivity contribution in [3.05, 3.63) is 94.0 Å². The average molecular weight is 525 g/mol. The zero-order chi connectivity index (χ0) is 27.4. The molecule has 0 saturated carbocycles. The lowest BCUT2D eigenvalue weighted by atomic mass is 10.1. The lowest BCUT2D eigenvalue weighted by Crippen LogP contribution is -2.12. The molecule has 1 aromatic heterocycles. The van der Waals surface area contributed by atoms with Gasteiger partial charge in [-0.1, -0.05) is 32.0 Å². The van der Waals surface area contributed by atoms with E-state index in [9.17, 15) is 28.1 Å². The molecule has 1 N–H and O–H groups in total. The molecule has 38 heavy (non-hydrogen) atoms. The Morgan fingerprint density at radius 3 is 2.37 bits per heavy atom. The summed E-state index contributed by atoms with van der Waals surface area (Å²) in [4.78, 5) is 27.3. The molecular weight excluding hydrogens is 503 g/mol. The van der Waals surface area contributed by atoms with Gasteiger partial charge in [0.2, 0.25) is 0 Å². The molecule has 1 heterocycles. The fourth-order valence-corrected chi connectivity index (χ4v) is 3.42. The molecule has 3 aromatic carbocycles. The summed E-state index contributed by atoms with van der Waals surface area (Å²) in [6.45, 7) is 4.23. The van der Waals surface area contributed by atoms with Crippen molar-refractivity contribution in [2.45, 2.75) is 20.0 Å². The van der Waals surface area contributed by atoms with Gasteiger partial charge in [-0.15, -0.1) is 5.10 Å². The van der Waals surface area contributed by atoms with Crippen LogP contribution in [0.3, 0.4) is 0 Å². The summed E-state index contributed by atoms with van der Waals surface area (Å²) in [6.07, 6.45) is -4.48. The van der Waals surface area contributed by atoms with Crippen molar-refractivity contribution in [2.24, 2.45) is 5.92 Å². The topological polar surface area (TPSA) is 112 Å². The molecule has 0 aliphatic heterocycles. The number of nitro benzene ring substituents is 1. The smallest absolute Gasteiger partial charge is 0.416 e. The van der Waals surface area contributed by atoms with Crippen LogP contribution in [0.4, 0.5) is 24.5 Å². The van der Waals surface area contributed by atoms with E-state index in [1.165, 1.54) is 41.1 Å². The lowest BCUT2D eigenvalue weighted by Gasteiger charge is -2.10. The number of amides is 1. The number of aromatic nitrogens is 3. The summed E-state index contributed by atoms with van der Waals surface area (Å²) in [5.74, 6) is -0.0506. The first-order valence-electron chi connectivity index (χ1n) is 11.4. The number of nitrogens with zero attached hydrogens (tertiary/aromatic N) is 4. The number of nitrogens with one attached hydrogen (secondary N) is 1. The average Bonchev–Trinajstić information content (AvgIpc) is 3.32. The maximum absolute atomic E-state index is 13.1. The molecule has 0 spiro atoms. The van der Waals surface area contributed by atoms with E-state index in [0.29, 0.717) is 23.5 Å². The first-order chi connectivity index (χ1) is 18.0. The number of carbonyl (C=O) groups is 1. The van der Waals surface area contributed by atoms with Crippen molar-refractivity contribution in [1.82, 2.24) is 14.8 Å². The minimum absolute atomic E-state index is 0.0499. The maximum Gasteiger partial charge on any atom is 0.416 e. The van der Waals surface area contributed by atoms with Crippen LogP contribution < -0.4 is 10.1 Å². The predicted molar refractivity (Wildman–Crippen MR) is 133 cm³/mol. The van der Waals surface area contributed by atoms with E-state index in [1.807, 2.05) is 13.8 Å². The summed E-state index contributed by atoms with van der Waals surface area (Å²) in [7, 11) is 0. The van der Waals surface area contributed by atoms with E-state index in [-0.39, 0.29) is 29.0 Å². The second-order valence-electron chi connectivity index (χ2n) is 8.72. The molecule has 0 saturated heterocycles. The van der Waals surface area contributed by atoms with Gasteiger partial charge < -0.3 is 10.1 Å². The number of anilines is 1. The number of benzene rings is 3. The van der Waals surface area contributed by atoms with Crippen LogP contribution in [0.2, 0.25) is 0 Å². The van der Waals surface area contributed by atoms with Gasteiger partial charge in [0, 0.05) is 28.9 Å². The largest absolute Gasteiger partial charge is 0.462 e. The molecule has 0 aliphatic rings. The molecule has 0 unspecified atom stereocenters. The van der Waals surface area contributed by atoms with E-state index in [4.69, 9.17) is 4.74 Å². The number of nitro groups is 1. The SMILES string of the molecule is CC(C)COc1nc(-c2ccc(C(F)(F)F)cc2)n(-c2cccc(NC(=O)c3ccc([N+](=O)[O-])cc3)c2)n1. The highest BCUT2D eigenvalue weighted by molar-refractivity contribution is 6.04. The zero-order valence-corrected chi connectivity index (χ0v) is 20.3. The molecule has 0 atom stereocenters. The Morgan fingerprint density at radius 1 is 1.08 bits per heavy atom. The van der Waals surface area contributed by atoms with Gasteiger partial charge in [0.15, 0.2) is 5.82 Å². The fourth-order valence-electron chi connectivity index (χ4n) is 3.42. The van der Waals surface area contributed by atoms with Gasteiger partial charge in [-0.3, -0.25) is 14.9 Å². The molecule has 0 fully saturated rings. The van der Waals surface area contributed by atoms with Crippen LogP contribution in [0.5, 0.6) is 6.01 Å². The standard InChI is InChI=1S/C26H22F3N5O4/c1-16(2)15-38-25-31-23(17-6-10-19(11-7-17)26(27,28)29)33(32-25)22-5-3-4-20(14-22)30-24(35)18-8-12-21(13-9-18)34(36)37/h3-14,16H,15H2,1-2H3,(H,30,35). The van der Waals surface area contributed by atoms with Crippen molar-refractivity contribution in [3.8, 4) is 23.1 Å². The quantitative estimate of drug-likeness (QED) is 0.218. The predicted octanol–water partition coefficient (Wildman–Crippen LogP) is 6.15. The molecule has 1 amide bonds. The highest BCUT2D eigenvalue weighted by Crippen LogP contribution is 2.32. The number of rotatable bonds is 8. The lowest BCUT2D eigenvalue weighted by molar-refractivity contribution is -0.384. The van der Waals surface area contributed by atoms with Gasteiger partial charge in [-0.25, -0.2) is 4.68 Å². The van der Waals surface area contributed by atoms with Crippen LogP contribution >= 0.6 is 0 Å². The van der Waals surface area contributed by atoms with Crippen LogP contribution in [-0.4, -0.2) is 32.2 Å². The third kappa shape index (κ3) is 6.14. The molecule has 0 aliphatic carbocycles. The van der Waals surface area contributed by atoms with Crippen LogP contribution in [0, 0.1) is 16.0 Å². The van der Waals surface area contributed by atoms with Gasteiger partial charge in [0.1, 0.15) is 0 Å². The first kappa shape index (κ1) is 26.3. The monoisotopic (exact) mass is 525 g/mol. The molecule has 4 rings (SSSR count). The number of non-ortho nitro benzene ring substituents is 1. The van der Waals surface area contributed by atoms with Crippen LogP contribution in [-0.2, 0) is 6.18 Å². The Kier molecular flexibility index (Phi) is 7.42. The van der Waals surface area contributed by atoms with Crippen LogP contribution in [0.1, 0.15) is 29.8 Å². The van der Waals surface area contributed by atoms with Crippen molar-refractivity contribution in [3.63, 3.8) is 0 Å². The van der Waals surface area contributed by atoms with Crippen molar-refractivity contribution < 1.29 is 27.6 Å². The summed E-state index contributed by atoms with van der Waals surface area (Å²) in [5, 5.41) is 18.0. The Balaban J connectivity index is 1.65. The van der Waals surface area contributed by atoms with Gasteiger partial charge in [0.05, 0.1) is 22.8 Å². The zero-order valence-electron chi connectivity index (χ0n) is 20.3. The third-order valence-electron chi connectivity index (χ3n) is 5.29. The van der Waals surface area contributed by atoms with Crippen molar-refractivity contribution in [2.75, 3.05) is 11.9 Å². The normalized spacial score (nSPS) is 11.4. The summed E-state index contributed by atoms with van der Waals surface area (Å²) < 4.78 is 46.2. The maximum atomic E-state index is 13.1. The number of hydrogen-bond donors (Lipinski definition) is 1. The summed E-state index contributed by atoms with van der Waals surface area (Å²) in [5.41, 5.74) is 0.528. The second kappa shape index (κ2) is 10.7. The number of carbonyl (C=O) groups excluding carboxylic acids is 1. The Labute approximate surface area is 215 Å². The van der Waals surface area contributed by atoms with Crippen molar-refractivity contribution in [1.29, 1.82) is 0 Å². The Morgan fingerprint density at radius 2 is 1.76 bits per heavy atom. The van der Waals surface area contributed by atoms with Gasteiger partial charge >= 0.3 is 12.2 Å². The Bertz CT molecular complexity index is 1450. The summed E-state index contributed by atoms with van der Waals surface area (Å²) in [6, 6.07) is 16.3. The van der Waals surface area contributed by atoms with E-state index >= 15 is 0 Å². The molecule has 4 aromatic rings. The van der Waals surface area contributed by atoms with E-state index in [2.05, 4.69) is 15.4 Å².